The summed E-state index contributed by atoms with van der Waals surface area (Å²) in [6.45, 7) is 4.02. The third-order valence-corrected chi connectivity index (χ3v) is 7.33. The van der Waals surface area contributed by atoms with Crippen molar-refractivity contribution in [3.8, 4) is 5.75 Å². The Hall–Kier alpha value is -2.81. The molecule has 1 aromatic heterocycles. The minimum Gasteiger partial charge on any atom is -0.490 e. The van der Waals surface area contributed by atoms with Crippen LogP contribution >= 0.6 is 0 Å². The Kier molecular flexibility index (Phi) is 7.30. The van der Waals surface area contributed by atoms with Gasteiger partial charge in [0.15, 0.2) is 5.75 Å². The van der Waals surface area contributed by atoms with E-state index in [-0.39, 0.29) is 21.4 Å². The summed E-state index contributed by atoms with van der Waals surface area (Å²) in [4.78, 5) is 15.8. The van der Waals surface area contributed by atoms with E-state index in [2.05, 4.69) is 10.4 Å². The molecule has 0 radical (unpaired) electrons. The number of ether oxygens (including phenoxy) is 1. The first-order chi connectivity index (χ1) is 14.1. The molecule has 0 atom stereocenters. The van der Waals surface area contributed by atoms with E-state index >= 15 is 0 Å². The van der Waals surface area contributed by atoms with Crippen molar-refractivity contribution >= 4 is 31.6 Å². The highest BCUT2D eigenvalue weighted by Crippen LogP contribution is 2.29. The van der Waals surface area contributed by atoms with Gasteiger partial charge in [0.1, 0.15) is 10.7 Å². The average Bonchev–Trinajstić information content (AvgIpc) is 2.72. The number of nitrogens with one attached hydrogen (secondary N) is 2. The lowest BCUT2D eigenvalue weighted by Gasteiger charge is -2.18. The number of pyridine rings is 1. The number of anilines is 1. The van der Waals surface area contributed by atoms with Crippen molar-refractivity contribution in [1.29, 1.82) is 0 Å². The lowest BCUT2D eigenvalue weighted by molar-refractivity contribution is -0.386. The molecule has 164 valence electrons. The molecule has 0 amide bonds. The maximum atomic E-state index is 12.4. The molecule has 0 aliphatic rings. The van der Waals surface area contributed by atoms with E-state index in [1.807, 2.05) is 4.83 Å². The molecule has 0 fully saturated rings. The molecule has 2 rings (SSSR count). The molecule has 0 spiro atoms. The zero-order chi connectivity index (χ0) is 22.5. The SMILES string of the molecule is CCN(CC)S(=O)(=O)c1ccc(NNS(=O)(=O)c2ccc(OC)c([N+](=O)[O-])c2)nc1. The van der Waals surface area contributed by atoms with Gasteiger partial charge in [-0.2, -0.15) is 4.31 Å². The number of methoxy groups -OCH3 is 1. The summed E-state index contributed by atoms with van der Waals surface area (Å²) in [5, 5.41) is 11.1. The molecule has 0 unspecified atom stereocenters. The van der Waals surface area contributed by atoms with Gasteiger partial charge in [-0.1, -0.05) is 13.8 Å². The summed E-state index contributed by atoms with van der Waals surface area (Å²) in [6.07, 6.45) is 1.10. The smallest absolute Gasteiger partial charge is 0.312 e. The van der Waals surface area contributed by atoms with E-state index in [1.54, 1.807) is 13.8 Å². The van der Waals surface area contributed by atoms with Gasteiger partial charge in [-0.3, -0.25) is 15.5 Å². The first-order valence-corrected chi connectivity index (χ1v) is 11.6. The monoisotopic (exact) mass is 459 g/mol. The third-order valence-electron chi connectivity index (χ3n) is 4.05. The van der Waals surface area contributed by atoms with E-state index in [0.29, 0.717) is 13.1 Å². The van der Waals surface area contributed by atoms with E-state index in [1.165, 1.54) is 23.5 Å². The lowest BCUT2D eigenvalue weighted by Crippen LogP contribution is -2.31. The average molecular weight is 460 g/mol. The maximum absolute atomic E-state index is 12.4. The Balaban J connectivity index is 2.19. The molecule has 12 nitrogen and oxygen atoms in total. The zero-order valence-electron chi connectivity index (χ0n) is 16.4. The predicted octanol–water partition coefficient (Wildman–Crippen LogP) is 1.33. The van der Waals surface area contributed by atoms with Crippen molar-refractivity contribution < 1.29 is 26.5 Å². The molecule has 1 heterocycles. The summed E-state index contributed by atoms with van der Waals surface area (Å²) < 4.78 is 55.8. The standard InChI is InChI=1S/C16H21N5O7S2/c1-4-20(5-2)30(26,27)13-7-9-16(17-11-13)18-19-29(24,25)12-6-8-15(28-3)14(10-12)21(22)23/h6-11,19H,4-5H2,1-3H3,(H,17,18). The number of hydrogen-bond donors (Lipinski definition) is 2. The third kappa shape index (κ3) is 5.02. The number of nitro benzene ring substituents is 1. The summed E-state index contributed by atoms with van der Waals surface area (Å²) in [7, 11) is -6.65. The van der Waals surface area contributed by atoms with Gasteiger partial charge in [0.05, 0.1) is 16.9 Å². The van der Waals surface area contributed by atoms with Crippen LogP contribution in [0.4, 0.5) is 11.5 Å². The minimum absolute atomic E-state index is 0.0279. The highest BCUT2D eigenvalue weighted by molar-refractivity contribution is 7.89. The van der Waals surface area contributed by atoms with Crippen molar-refractivity contribution in [2.24, 2.45) is 0 Å². The molecule has 14 heteroatoms. The van der Waals surface area contributed by atoms with E-state index in [4.69, 9.17) is 4.74 Å². The second kappa shape index (κ2) is 9.34. The summed E-state index contributed by atoms with van der Waals surface area (Å²) in [6, 6.07) is 5.74. The fourth-order valence-electron chi connectivity index (χ4n) is 2.48. The number of sulfonamides is 2. The molecule has 0 saturated heterocycles. The highest BCUT2D eigenvalue weighted by Gasteiger charge is 2.23. The van der Waals surface area contributed by atoms with Crippen LogP contribution in [0.3, 0.4) is 0 Å². The van der Waals surface area contributed by atoms with Crippen molar-refractivity contribution in [3.63, 3.8) is 0 Å². The second-order valence-electron chi connectivity index (χ2n) is 5.79. The first kappa shape index (κ1) is 23.5. The van der Waals surface area contributed by atoms with Crippen LogP contribution in [0.5, 0.6) is 5.75 Å². The largest absolute Gasteiger partial charge is 0.490 e. The number of hydrogen-bond acceptors (Lipinski definition) is 9. The van der Waals surface area contributed by atoms with Crippen molar-refractivity contribution in [2.75, 3.05) is 25.6 Å². The van der Waals surface area contributed by atoms with Gasteiger partial charge in [-0.25, -0.2) is 21.8 Å². The van der Waals surface area contributed by atoms with Crippen LogP contribution in [0, 0.1) is 10.1 Å². The topological polar surface area (TPSA) is 161 Å². The van der Waals surface area contributed by atoms with Crippen LogP contribution in [-0.4, -0.2) is 51.2 Å². The summed E-state index contributed by atoms with van der Waals surface area (Å²) >= 11 is 0. The van der Waals surface area contributed by atoms with Gasteiger partial charge in [0.2, 0.25) is 10.0 Å². The quantitative estimate of drug-likeness (QED) is 0.394. The van der Waals surface area contributed by atoms with E-state index in [0.717, 1.165) is 24.4 Å². The van der Waals surface area contributed by atoms with Gasteiger partial charge < -0.3 is 4.74 Å². The summed E-state index contributed by atoms with van der Waals surface area (Å²) in [5.74, 6) is -0.0568. The Morgan fingerprint density at radius 3 is 2.23 bits per heavy atom. The molecule has 0 bridgehead atoms. The molecule has 30 heavy (non-hydrogen) atoms. The molecule has 2 aromatic rings. The van der Waals surface area contributed by atoms with Gasteiger partial charge in [0, 0.05) is 25.4 Å². The number of rotatable bonds is 10. The van der Waals surface area contributed by atoms with Gasteiger partial charge in [-0.05, 0) is 24.3 Å². The number of nitro groups is 1. The van der Waals surface area contributed by atoms with Gasteiger partial charge in [0.25, 0.3) is 10.0 Å². The minimum atomic E-state index is -4.19. The first-order valence-electron chi connectivity index (χ1n) is 8.63. The van der Waals surface area contributed by atoms with E-state index < -0.39 is 30.7 Å². The summed E-state index contributed by atoms with van der Waals surface area (Å²) in [5.41, 5.74) is 1.83. The van der Waals surface area contributed by atoms with Gasteiger partial charge in [-0.15, -0.1) is 4.83 Å². The fourth-order valence-corrected chi connectivity index (χ4v) is 4.75. The number of hydrazine groups is 1. The molecular formula is C16H21N5O7S2. The zero-order valence-corrected chi connectivity index (χ0v) is 18.0. The fraction of sp³-hybridized carbons (Fsp3) is 0.312. The Morgan fingerprint density at radius 1 is 1.10 bits per heavy atom. The van der Waals surface area contributed by atoms with Crippen LogP contribution in [-0.2, 0) is 20.0 Å². The molecular weight excluding hydrogens is 438 g/mol. The van der Waals surface area contributed by atoms with Crippen LogP contribution in [0.2, 0.25) is 0 Å². The lowest BCUT2D eigenvalue weighted by atomic mass is 10.3. The Bertz CT molecular complexity index is 1120. The van der Waals surface area contributed by atoms with Crippen molar-refractivity contribution in [2.45, 2.75) is 23.6 Å². The molecule has 0 aliphatic heterocycles. The predicted molar refractivity (Wildman–Crippen MR) is 108 cm³/mol. The number of aromatic nitrogens is 1. The maximum Gasteiger partial charge on any atom is 0.312 e. The van der Waals surface area contributed by atoms with Crippen molar-refractivity contribution in [3.05, 3.63) is 46.6 Å². The molecule has 0 aliphatic carbocycles. The Morgan fingerprint density at radius 2 is 1.73 bits per heavy atom. The second-order valence-corrected chi connectivity index (χ2v) is 9.41. The van der Waals surface area contributed by atoms with Crippen LogP contribution < -0.4 is 15.0 Å². The van der Waals surface area contributed by atoms with Gasteiger partial charge >= 0.3 is 5.69 Å². The van der Waals surface area contributed by atoms with Crippen molar-refractivity contribution in [1.82, 2.24) is 14.1 Å². The Labute approximate surface area is 174 Å². The van der Waals surface area contributed by atoms with Crippen LogP contribution in [0.25, 0.3) is 0 Å². The van der Waals surface area contributed by atoms with Crippen LogP contribution in [0.1, 0.15) is 13.8 Å². The molecule has 0 saturated carbocycles. The number of nitrogens with zero attached hydrogens (tertiary/aromatic N) is 3. The van der Waals surface area contributed by atoms with E-state index in [9.17, 15) is 26.9 Å². The molecule has 2 N–H and O–H groups in total. The highest BCUT2D eigenvalue weighted by atomic mass is 32.2. The normalized spacial score (nSPS) is 12.0. The number of benzene rings is 1. The van der Waals surface area contributed by atoms with Crippen LogP contribution in [0.15, 0.2) is 46.3 Å². The molecule has 1 aromatic carbocycles.